The summed E-state index contributed by atoms with van der Waals surface area (Å²) in [4.78, 5) is 4.41. The number of aliphatic imine (C=N–C) groups is 1. The van der Waals surface area contributed by atoms with Gasteiger partial charge in [0, 0.05) is 17.3 Å². The van der Waals surface area contributed by atoms with Crippen molar-refractivity contribution < 1.29 is 0 Å². The Hall–Kier alpha value is -0.890. The second-order valence-electron chi connectivity index (χ2n) is 4.77. The Morgan fingerprint density at radius 1 is 1.29 bits per heavy atom. The van der Waals surface area contributed by atoms with Crippen molar-refractivity contribution in [1.82, 2.24) is 0 Å². The number of nitrogens with zero attached hydrogens (tertiary/aromatic N) is 1. The number of nitrogens with two attached hydrogens (primary N) is 1. The molecule has 1 heterocycles. The van der Waals surface area contributed by atoms with Crippen LogP contribution in [0.1, 0.15) is 34.1 Å². The van der Waals surface area contributed by atoms with Crippen molar-refractivity contribution in [3.63, 3.8) is 0 Å². The van der Waals surface area contributed by atoms with E-state index in [1.54, 1.807) is 0 Å². The van der Waals surface area contributed by atoms with Crippen LogP contribution in [0.25, 0.3) is 0 Å². The average Bonchev–Trinajstić information content (AvgIpc) is 2.08. The molecule has 2 N–H and O–H groups in total. The van der Waals surface area contributed by atoms with Crippen LogP contribution in [0.15, 0.2) is 28.9 Å². The van der Waals surface area contributed by atoms with E-state index in [2.05, 4.69) is 37.9 Å². The number of rotatable bonds is 1. The van der Waals surface area contributed by atoms with Crippen molar-refractivity contribution in [1.29, 1.82) is 0 Å². The average molecular weight is 192 g/mol. The molecule has 2 nitrogen and oxygen atoms in total. The van der Waals surface area contributed by atoms with Gasteiger partial charge >= 0.3 is 0 Å². The van der Waals surface area contributed by atoms with Gasteiger partial charge in [0.05, 0.1) is 5.54 Å². The Balaban J connectivity index is 3.10. The number of allylic oxidation sites excluding steroid dienone is 3. The third-order valence-electron chi connectivity index (χ3n) is 2.28. The highest BCUT2D eigenvalue weighted by atomic mass is 14.8. The van der Waals surface area contributed by atoms with Crippen LogP contribution in [0, 0.1) is 5.41 Å². The summed E-state index contributed by atoms with van der Waals surface area (Å²) in [6.45, 7) is 8.40. The molecule has 1 rings (SSSR count). The zero-order valence-corrected chi connectivity index (χ0v) is 9.54. The van der Waals surface area contributed by atoms with E-state index in [0.717, 1.165) is 12.1 Å². The molecular formula is C12H20N2. The molecule has 0 radical (unpaired) electrons. The zero-order chi connectivity index (χ0) is 10.8. The highest BCUT2D eigenvalue weighted by molar-refractivity contribution is 5.73. The lowest BCUT2D eigenvalue weighted by atomic mass is 9.88. The molecule has 0 aromatic rings. The van der Waals surface area contributed by atoms with E-state index in [4.69, 9.17) is 5.73 Å². The van der Waals surface area contributed by atoms with E-state index in [0.29, 0.717) is 0 Å². The van der Waals surface area contributed by atoms with Gasteiger partial charge in [-0.3, -0.25) is 4.99 Å². The summed E-state index contributed by atoms with van der Waals surface area (Å²) in [5.74, 6) is 0. The summed E-state index contributed by atoms with van der Waals surface area (Å²) in [6.07, 6.45) is 9.11. The highest BCUT2D eigenvalue weighted by Crippen LogP contribution is 2.25. The molecule has 0 saturated carbocycles. The standard InChI is InChI=1S/C12H20N2/c1-5-10-8-11(2,3)6-7-12(4,13)9-14-10/h6-9H,5,13H2,1-4H3/b7-6-,10-8-,14-9-. The minimum absolute atomic E-state index is 0.0454. The molecular weight excluding hydrogens is 172 g/mol. The predicted octanol–water partition coefficient (Wildman–Crippen LogP) is 2.66. The first-order valence-corrected chi connectivity index (χ1v) is 5.11. The van der Waals surface area contributed by atoms with Crippen molar-refractivity contribution in [2.45, 2.75) is 39.7 Å². The summed E-state index contributed by atoms with van der Waals surface area (Å²) >= 11 is 0. The zero-order valence-electron chi connectivity index (χ0n) is 9.54. The molecule has 1 aliphatic heterocycles. The molecule has 0 saturated heterocycles. The van der Waals surface area contributed by atoms with Crippen molar-refractivity contribution in [3.05, 3.63) is 23.9 Å². The minimum Gasteiger partial charge on any atom is -0.318 e. The fraction of sp³-hybridized carbons (Fsp3) is 0.583. The maximum Gasteiger partial charge on any atom is 0.0670 e. The van der Waals surface area contributed by atoms with Crippen molar-refractivity contribution >= 4 is 6.21 Å². The second kappa shape index (κ2) is 3.70. The molecule has 1 aliphatic rings. The van der Waals surface area contributed by atoms with E-state index in [1.165, 1.54) is 0 Å². The molecule has 0 spiro atoms. The van der Waals surface area contributed by atoms with E-state index < -0.39 is 5.54 Å². The molecule has 0 aromatic heterocycles. The maximum absolute atomic E-state index is 6.02. The monoisotopic (exact) mass is 192 g/mol. The lowest BCUT2D eigenvalue weighted by molar-refractivity contribution is 0.604. The Kier molecular flexibility index (Phi) is 2.95. The van der Waals surface area contributed by atoms with Crippen molar-refractivity contribution in [3.8, 4) is 0 Å². The lowest BCUT2D eigenvalue weighted by Gasteiger charge is -2.23. The Morgan fingerprint density at radius 3 is 2.50 bits per heavy atom. The molecule has 78 valence electrons. The molecule has 0 amide bonds. The van der Waals surface area contributed by atoms with E-state index in [-0.39, 0.29) is 5.41 Å². The minimum atomic E-state index is -0.425. The Morgan fingerprint density at radius 2 is 1.93 bits per heavy atom. The quantitative estimate of drug-likeness (QED) is 0.637. The van der Waals surface area contributed by atoms with E-state index >= 15 is 0 Å². The molecule has 0 bridgehead atoms. The molecule has 0 fully saturated rings. The summed E-state index contributed by atoms with van der Waals surface area (Å²) in [7, 11) is 0. The Labute approximate surface area is 86.6 Å². The molecule has 14 heavy (non-hydrogen) atoms. The van der Waals surface area contributed by atoms with Crippen LogP contribution < -0.4 is 5.73 Å². The van der Waals surface area contributed by atoms with Crippen molar-refractivity contribution in [2.75, 3.05) is 0 Å². The first-order valence-electron chi connectivity index (χ1n) is 5.11. The number of hydrogen-bond acceptors (Lipinski definition) is 2. The SMILES string of the molecule is CCC1=C/C(C)(C)/C=C\C(C)(N)/C=N\1. The van der Waals surface area contributed by atoms with E-state index in [1.807, 2.05) is 19.2 Å². The molecule has 0 aliphatic carbocycles. The second-order valence-corrected chi connectivity index (χ2v) is 4.77. The predicted molar refractivity (Wildman–Crippen MR) is 62.4 cm³/mol. The number of hydrogen-bond donors (Lipinski definition) is 1. The van der Waals surface area contributed by atoms with Crippen LogP contribution >= 0.6 is 0 Å². The first kappa shape index (κ1) is 11.2. The lowest BCUT2D eigenvalue weighted by Crippen LogP contribution is -2.36. The Bertz CT molecular complexity index is 293. The topological polar surface area (TPSA) is 38.4 Å². The van der Waals surface area contributed by atoms with Gasteiger partial charge in [-0.2, -0.15) is 0 Å². The van der Waals surface area contributed by atoms with Gasteiger partial charge in [0.1, 0.15) is 0 Å². The van der Waals surface area contributed by atoms with Crippen LogP contribution in [-0.4, -0.2) is 11.8 Å². The fourth-order valence-corrected chi connectivity index (χ4v) is 1.37. The van der Waals surface area contributed by atoms with Crippen LogP contribution in [0.3, 0.4) is 0 Å². The normalized spacial score (nSPS) is 39.1. The third-order valence-corrected chi connectivity index (χ3v) is 2.28. The largest absolute Gasteiger partial charge is 0.318 e. The molecule has 0 aromatic carbocycles. The van der Waals surface area contributed by atoms with Gasteiger partial charge in [-0.1, -0.05) is 39.0 Å². The van der Waals surface area contributed by atoms with Crippen LogP contribution in [0.4, 0.5) is 0 Å². The molecule has 2 heteroatoms. The first-order chi connectivity index (χ1) is 6.35. The van der Waals surface area contributed by atoms with Gasteiger partial charge < -0.3 is 5.73 Å². The van der Waals surface area contributed by atoms with Gasteiger partial charge in [-0.25, -0.2) is 0 Å². The summed E-state index contributed by atoms with van der Waals surface area (Å²) in [5, 5.41) is 0. The summed E-state index contributed by atoms with van der Waals surface area (Å²) in [6, 6.07) is 0. The smallest absolute Gasteiger partial charge is 0.0670 e. The van der Waals surface area contributed by atoms with Crippen LogP contribution in [0.2, 0.25) is 0 Å². The van der Waals surface area contributed by atoms with Gasteiger partial charge in [0.25, 0.3) is 0 Å². The molecule has 1 atom stereocenters. The van der Waals surface area contributed by atoms with Gasteiger partial charge in [-0.15, -0.1) is 0 Å². The fourth-order valence-electron chi connectivity index (χ4n) is 1.37. The maximum atomic E-state index is 6.02. The van der Waals surface area contributed by atoms with Gasteiger partial charge in [0.15, 0.2) is 0 Å². The van der Waals surface area contributed by atoms with Crippen molar-refractivity contribution in [2.24, 2.45) is 16.1 Å². The molecule has 1 unspecified atom stereocenters. The summed E-state index contributed by atoms with van der Waals surface area (Å²) < 4.78 is 0. The highest BCUT2D eigenvalue weighted by Gasteiger charge is 2.18. The third kappa shape index (κ3) is 3.11. The van der Waals surface area contributed by atoms with E-state index in [9.17, 15) is 0 Å². The van der Waals surface area contributed by atoms with Gasteiger partial charge in [0.2, 0.25) is 0 Å². The van der Waals surface area contributed by atoms with Crippen LogP contribution in [0.5, 0.6) is 0 Å². The van der Waals surface area contributed by atoms with Gasteiger partial charge in [-0.05, 0) is 13.3 Å². The summed E-state index contributed by atoms with van der Waals surface area (Å²) in [5.41, 5.74) is 6.75. The van der Waals surface area contributed by atoms with Crippen LogP contribution in [-0.2, 0) is 0 Å².